The van der Waals surface area contributed by atoms with Crippen LogP contribution in [0, 0.1) is 0 Å². The number of anilines is 1. The van der Waals surface area contributed by atoms with Gasteiger partial charge in [0.05, 0.1) is 5.75 Å². The number of halogens is 1. The lowest BCUT2D eigenvalue weighted by Crippen LogP contribution is -2.23. The summed E-state index contributed by atoms with van der Waals surface area (Å²) >= 11 is 6.90. The van der Waals surface area contributed by atoms with Crippen LogP contribution in [0.1, 0.15) is 17.5 Å². The number of hydrogen-bond acceptors (Lipinski definition) is 7. The molecule has 0 saturated heterocycles. The molecule has 2 aromatic rings. The van der Waals surface area contributed by atoms with Crippen LogP contribution in [0.4, 0.5) is 5.13 Å². The van der Waals surface area contributed by atoms with E-state index < -0.39 is 21.5 Å². The molecule has 0 atom stereocenters. The first-order chi connectivity index (χ1) is 11.4. The maximum Gasteiger partial charge on any atom is 0.241 e. The molecule has 0 saturated carbocycles. The summed E-state index contributed by atoms with van der Waals surface area (Å²) in [4.78, 5) is 11.9. The van der Waals surface area contributed by atoms with Crippen molar-refractivity contribution in [1.29, 1.82) is 0 Å². The van der Waals surface area contributed by atoms with Crippen molar-refractivity contribution in [1.82, 2.24) is 10.2 Å². The van der Waals surface area contributed by atoms with Gasteiger partial charge in [0.1, 0.15) is 17.4 Å². The van der Waals surface area contributed by atoms with Crippen molar-refractivity contribution in [2.24, 2.45) is 0 Å². The molecule has 0 spiro atoms. The number of hydrogen-bond donors (Lipinski definition) is 1. The normalized spacial score (nSPS) is 11.4. The van der Waals surface area contributed by atoms with E-state index in [0.717, 1.165) is 11.3 Å². The number of benzene rings is 1. The van der Waals surface area contributed by atoms with Crippen LogP contribution in [-0.4, -0.2) is 36.9 Å². The van der Waals surface area contributed by atoms with Crippen LogP contribution < -0.4 is 5.32 Å². The average Bonchev–Trinajstić information content (AvgIpc) is 2.94. The van der Waals surface area contributed by atoms with Gasteiger partial charge in [-0.15, -0.1) is 10.2 Å². The number of nitrogens with one attached hydrogen (secondary N) is 1. The third kappa shape index (κ3) is 6.16. The van der Waals surface area contributed by atoms with E-state index in [9.17, 15) is 13.2 Å². The zero-order valence-electron chi connectivity index (χ0n) is 12.9. The van der Waals surface area contributed by atoms with Crippen molar-refractivity contribution in [3.05, 3.63) is 39.9 Å². The summed E-state index contributed by atoms with van der Waals surface area (Å²) in [5.74, 6) is -1.51. The number of sulfone groups is 1. The molecular formula is C14H16ClN3O4S2. The standard InChI is InChI=1S/C14H16ClN3O4S2/c1-2-22-7-13-17-18-14(23-13)16-12(19)9-24(20,21)8-10-3-5-11(15)6-4-10/h3-6H,2,7-9H2,1H3,(H,16,18,19). The van der Waals surface area contributed by atoms with Gasteiger partial charge in [-0.25, -0.2) is 8.42 Å². The minimum atomic E-state index is -3.60. The Morgan fingerprint density at radius 3 is 2.67 bits per heavy atom. The van der Waals surface area contributed by atoms with Gasteiger partial charge in [-0.05, 0) is 24.6 Å². The maximum absolute atomic E-state index is 12.1. The van der Waals surface area contributed by atoms with Crippen LogP contribution in [0.3, 0.4) is 0 Å². The Morgan fingerprint density at radius 2 is 2.00 bits per heavy atom. The van der Waals surface area contributed by atoms with Gasteiger partial charge in [0.2, 0.25) is 11.0 Å². The van der Waals surface area contributed by atoms with Gasteiger partial charge in [-0.1, -0.05) is 35.1 Å². The lowest BCUT2D eigenvalue weighted by atomic mass is 10.2. The number of rotatable bonds is 8. The fourth-order valence-corrected chi connectivity index (χ4v) is 3.89. The Bertz CT molecular complexity index is 791. The Hall–Kier alpha value is -1.55. The second kappa shape index (κ2) is 8.52. The molecule has 1 N–H and O–H groups in total. The van der Waals surface area contributed by atoms with E-state index >= 15 is 0 Å². The van der Waals surface area contributed by atoms with Gasteiger partial charge in [0.25, 0.3) is 0 Å². The van der Waals surface area contributed by atoms with Crippen molar-refractivity contribution < 1.29 is 17.9 Å². The molecule has 1 aromatic heterocycles. The van der Waals surface area contributed by atoms with Crippen molar-refractivity contribution >= 4 is 43.8 Å². The largest absolute Gasteiger partial charge is 0.374 e. The summed E-state index contributed by atoms with van der Waals surface area (Å²) in [6.45, 7) is 2.71. The van der Waals surface area contributed by atoms with E-state index in [1.807, 2.05) is 6.92 Å². The first kappa shape index (κ1) is 18.8. The highest BCUT2D eigenvalue weighted by Gasteiger charge is 2.19. The predicted molar refractivity (Wildman–Crippen MR) is 92.8 cm³/mol. The molecular weight excluding hydrogens is 374 g/mol. The monoisotopic (exact) mass is 389 g/mol. The van der Waals surface area contributed by atoms with E-state index in [2.05, 4.69) is 15.5 Å². The number of nitrogens with zero attached hydrogens (tertiary/aromatic N) is 2. The lowest BCUT2D eigenvalue weighted by molar-refractivity contribution is -0.113. The molecule has 0 aliphatic heterocycles. The van der Waals surface area contributed by atoms with E-state index in [-0.39, 0.29) is 10.9 Å². The number of amides is 1. The van der Waals surface area contributed by atoms with E-state index in [0.29, 0.717) is 28.8 Å². The van der Waals surface area contributed by atoms with Crippen molar-refractivity contribution in [3.8, 4) is 0 Å². The second-order valence-electron chi connectivity index (χ2n) is 4.84. The summed E-state index contributed by atoms with van der Waals surface area (Å²) in [6, 6.07) is 6.44. The van der Waals surface area contributed by atoms with E-state index in [4.69, 9.17) is 16.3 Å². The third-order valence-electron chi connectivity index (χ3n) is 2.79. The molecule has 1 amide bonds. The molecule has 0 bridgehead atoms. The van der Waals surface area contributed by atoms with Crippen LogP contribution >= 0.6 is 22.9 Å². The first-order valence-electron chi connectivity index (χ1n) is 7.03. The Morgan fingerprint density at radius 1 is 1.29 bits per heavy atom. The molecule has 24 heavy (non-hydrogen) atoms. The predicted octanol–water partition coefficient (Wildman–Crippen LogP) is 2.28. The Balaban J connectivity index is 1.90. The number of carbonyl (C=O) groups excluding carboxylic acids is 1. The molecule has 0 unspecified atom stereocenters. The molecule has 0 aliphatic rings. The van der Waals surface area contributed by atoms with E-state index in [1.54, 1.807) is 24.3 Å². The quantitative estimate of drug-likeness (QED) is 0.743. The second-order valence-corrected chi connectivity index (χ2v) is 8.41. The molecule has 2 rings (SSSR count). The Labute approximate surface area is 148 Å². The molecule has 130 valence electrons. The zero-order chi connectivity index (χ0) is 17.6. The van der Waals surface area contributed by atoms with Gasteiger partial charge in [0.15, 0.2) is 9.84 Å². The van der Waals surface area contributed by atoms with Gasteiger partial charge < -0.3 is 4.74 Å². The zero-order valence-corrected chi connectivity index (χ0v) is 15.2. The summed E-state index contributed by atoms with van der Waals surface area (Å²) < 4.78 is 29.4. The Kier molecular flexibility index (Phi) is 6.67. The third-order valence-corrected chi connectivity index (χ3v) is 5.33. The highest BCUT2D eigenvalue weighted by molar-refractivity contribution is 7.91. The molecule has 0 fully saturated rings. The fourth-order valence-electron chi connectivity index (χ4n) is 1.79. The minimum Gasteiger partial charge on any atom is -0.374 e. The molecule has 1 heterocycles. The fraction of sp³-hybridized carbons (Fsp3) is 0.357. The molecule has 10 heteroatoms. The summed E-state index contributed by atoms with van der Waals surface area (Å²) in [7, 11) is -3.60. The van der Waals surface area contributed by atoms with Gasteiger partial charge in [0, 0.05) is 11.6 Å². The van der Waals surface area contributed by atoms with Crippen LogP contribution in [0.2, 0.25) is 5.02 Å². The van der Waals surface area contributed by atoms with Crippen molar-refractivity contribution in [2.75, 3.05) is 17.7 Å². The minimum absolute atomic E-state index is 0.233. The first-order valence-corrected chi connectivity index (χ1v) is 10.0. The topological polar surface area (TPSA) is 98.2 Å². The SMILES string of the molecule is CCOCc1nnc(NC(=O)CS(=O)(=O)Cc2ccc(Cl)cc2)s1. The molecule has 1 aromatic carbocycles. The summed E-state index contributed by atoms with van der Waals surface area (Å²) in [5, 5.41) is 11.4. The van der Waals surface area contributed by atoms with Gasteiger partial charge in [-0.3, -0.25) is 10.1 Å². The van der Waals surface area contributed by atoms with Crippen molar-refractivity contribution in [2.45, 2.75) is 19.3 Å². The number of carbonyl (C=O) groups is 1. The molecule has 0 radical (unpaired) electrons. The van der Waals surface area contributed by atoms with E-state index in [1.165, 1.54) is 0 Å². The van der Waals surface area contributed by atoms with Crippen LogP contribution in [-0.2, 0) is 31.7 Å². The molecule has 7 nitrogen and oxygen atoms in total. The van der Waals surface area contributed by atoms with Crippen LogP contribution in [0.25, 0.3) is 0 Å². The number of aromatic nitrogens is 2. The van der Waals surface area contributed by atoms with Gasteiger partial charge in [-0.2, -0.15) is 0 Å². The summed E-state index contributed by atoms with van der Waals surface area (Å²) in [6.07, 6.45) is 0. The van der Waals surface area contributed by atoms with Gasteiger partial charge >= 0.3 is 0 Å². The van der Waals surface area contributed by atoms with Crippen molar-refractivity contribution in [3.63, 3.8) is 0 Å². The highest BCUT2D eigenvalue weighted by Crippen LogP contribution is 2.16. The van der Waals surface area contributed by atoms with Crippen LogP contribution in [0.15, 0.2) is 24.3 Å². The smallest absolute Gasteiger partial charge is 0.241 e. The number of ether oxygens (including phenoxy) is 1. The maximum atomic E-state index is 12.1. The lowest BCUT2D eigenvalue weighted by Gasteiger charge is -2.04. The van der Waals surface area contributed by atoms with Crippen LogP contribution in [0.5, 0.6) is 0 Å². The molecule has 0 aliphatic carbocycles. The average molecular weight is 390 g/mol. The highest BCUT2D eigenvalue weighted by atomic mass is 35.5. The summed E-state index contributed by atoms with van der Waals surface area (Å²) in [5.41, 5.74) is 0.571.